The van der Waals surface area contributed by atoms with E-state index in [1.165, 1.54) is 17.0 Å². The van der Waals surface area contributed by atoms with Crippen molar-refractivity contribution in [3.8, 4) is 0 Å². The molecule has 0 radical (unpaired) electrons. The Hall–Kier alpha value is -4.75. The van der Waals surface area contributed by atoms with Crippen LogP contribution in [0.4, 0.5) is 10.1 Å². The van der Waals surface area contributed by atoms with Gasteiger partial charge in [0.15, 0.2) is 11.0 Å². The number of aryl methyl sites for hydroxylation is 1. The Bertz CT molecular complexity index is 1950. The van der Waals surface area contributed by atoms with Crippen molar-refractivity contribution in [2.45, 2.75) is 25.6 Å². The maximum absolute atomic E-state index is 14.8. The maximum Gasteiger partial charge on any atom is 0.291 e. The van der Waals surface area contributed by atoms with Crippen LogP contribution in [0.1, 0.15) is 38.4 Å². The summed E-state index contributed by atoms with van der Waals surface area (Å²) in [5.41, 5.74) is 1.26. The summed E-state index contributed by atoms with van der Waals surface area (Å²) in [4.78, 5) is 46.2. The Morgan fingerprint density at radius 3 is 2.29 bits per heavy atom. The molecule has 1 spiro atoms. The molecule has 5 aromatic rings. The molecule has 1 aromatic heterocycles. The lowest BCUT2D eigenvalue weighted by Gasteiger charge is -2.34. The predicted octanol–water partition coefficient (Wildman–Crippen LogP) is 6.34. The Balaban J connectivity index is 1.50. The van der Waals surface area contributed by atoms with Crippen LogP contribution in [0.5, 0.6) is 0 Å². The van der Waals surface area contributed by atoms with Crippen molar-refractivity contribution in [2.75, 3.05) is 4.90 Å². The average Bonchev–Trinajstić information content (AvgIpc) is 3.36. The first-order valence-electron chi connectivity index (χ1n) is 13.1. The van der Waals surface area contributed by atoms with Crippen LogP contribution in [0.3, 0.4) is 0 Å². The summed E-state index contributed by atoms with van der Waals surface area (Å²) in [6, 6.07) is 25.5. The molecule has 0 aliphatic carbocycles. The molecule has 0 saturated heterocycles. The molecule has 0 fully saturated rings. The second-order valence-electron chi connectivity index (χ2n) is 10.4. The number of para-hydroxylation sites is 1. The van der Waals surface area contributed by atoms with Gasteiger partial charge in [-0.1, -0.05) is 71.8 Å². The first-order valence-corrected chi connectivity index (χ1v) is 13.5. The molecule has 0 N–H and O–H groups in total. The SMILES string of the molecule is Cc1ccc(CN2C(=O)c3oc4ccc(F)cc4c(=O)c3C23C(=O)N(Cc2ccc(Cl)cc2)c2ccccc23)cc1. The molecule has 4 aromatic carbocycles. The number of anilines is 1. The minimum atomic E-state index is -1.80. The third-order valence-electron chi connectivity index (χ3n) is 7.91. The summed E-state index contributed by atoms with van der Waals surface area (Å²) >= 11 is 6.09. The number of halogens is 2. The van der Waals surface area contributed by atoms with Crippen LogP contribution in [0, 0.1) is 12.7 Å². The van der Waals surface area contributed by atoms with Gasteiger partial charge in [0, 0.05) is 17.1 Å². The van der Waals surface area contributed by atoms with E-state index in [1.807, 2.05) is 43.3 Å². The fourth-order valence-electron chi connectivity index (χ4n) is 5.99. The number of rotatable bonds is 4. The number of hydrogen-bond acceptors (Lipinski definition) is 4. The lowest BCUT2D eigenvalue weighted by atomic mass is 9.83. The van der Waals surface area contributed by atoms with E-state index in [1.54, 1.807) is 41.3 Å². The van der Waals surface area contributed by atoms with Crippen LogP contribution < -0.4 is 10.3 Å². The Morgan fingerprint density at radius 1 is 0.854 bits per heavy atom. The first-order chi connectivity index (χ1) is 19.8. The van der Waals surface area contributed by atoms with Crippen molar-refractivity contribution in [1.29, 1.82) is 0 Å². The Kier molecular flexibility index (Phi) is 5.63. The number of fused-ring (bicyclic) bond motifs is 5. The zero-order valence-electron chi connectivity index (χ0n) is 21.9. The molecular formula is C33H22ClFN2O4. The fourth-order valence-corrected chi connectivity index (χ4v) is 6.12. The van der Waals surface area contributed by atoms with Crippen molar-refractivity contribution in [3.05, 3.63) is 146 Å². The third-order valence-corrected chi connectivity index (χ3v) is 8.16. The van der Waals surface area contributed by atoms with E-state index >= 15 is 0 Å². The van der Waals surface area contributed by atoms with Gasteiger partial charge in [0.2, 0.25) is 5.76 Å². The molecule has 0 saturated carbocycles. The van der Waals surface area contributed by atoms with Crippen LogP contribution in [-0.4, -0.2) is 16.7 Å². The second-order valence-corrected chi connectivity index (χ2v) is 10.8. The van der Waals surface area contributed by atoms with Crippen LogP contribution >= 0.6 is 11.6 Å². The van der Waals surface area contributed by atoms with Gasteiger partial charge in [0.1, 0.15) is 11.4 Å². The number of nitrogens with zero attached hydrogens (tertiary/aromatic N) is 2. The largest absolute Gasteiger partial charge is 0.450 e. The van der Waals surface area contributed by atoms with Crippen LogP contribution in [0.25, 0.3) is 11.0 Å². The van der Waals surface area contributed by atoms with E-state index in [4.69, 9.17) is 16.0 Å². The van der Waals surface area contributed by atoms with E-state index in [0.29, 0.717) is 16.3 Å². The van der Waals surface area contributed by atoms with Crippen molar-refractivity contribution in [3.63, 3.8) is 0 Å². The number of carbonyl (C=O) groups is 2. The molecule has 41 heavy (non-hydrogen) atoms. The number of hydrogen-bond donors (Lipinski definition) is 0. The molecule has 0 bridgehead atoms. The van der Waals surface area contributed by atoms with Crippen LogP contribution in [0.2, 0.25) is 5.02 Å². The van der Waals surface area contributed by atoms with E-state index in [-0.39, 0.29) is 35.4 Å². The predicted molar refractivity (Wildman–Crippen MR) is 153 cm³/mol. The molecule has 7 rings (SSSR count). The zero-order chi connectivity index (χ0) is 28.5. The number of carbonyl (C=O) groups excluding carboxylic acids is 2. The zero-order valence-corrected chi connectivity index (χ0v) is 22.6. The van der Waals surface area contributed by atoms with Crippen molar-refractivity contribution < 1.29 is 18.4 Å². The summed E-state index contributed by atoms with van der Waals surface area (Å²) in [5, 5.41) is 0.532. The van der Waals surface area contributed by atoms with Crippen molar-refractivity contribution in [2.24, 2.45) is 0 Å². The molecule has 2 aliphatic rings. The standard InChI is InChI=1S/C33H22ClFN2O4/c1-19-6-8-21(9-7-19)18-37-31(39)30-28(29(38)24-16-23(35)14-15-27(24)41-30)33(37)25-4-2-3-5-26(25)36(32(33)40)17-20-10-12-22(34)13-11-20/h2-16H,17-18H2,1H3. The van der Waals surface area contributed by atoms with Gasteiger partial charge in [-0.3, -0.25) is 14.4 Å². The van der Waals surface area contributed by atoms with E-state index < -0.39 is 28.6 Å². The highest BCUT2D eigenvalue weighted by molar-refractivity contribution is 6.30. The minimum Gasteiger partial charge on any atom is -0.450 e. The summed E-state index contributed by atoms with van der Waals surface area (Å²) < 4.78 is 20.3. The summed E-state index contributed by atoms with van der Waals surface area (Å²) in [6.45, 7) is 2.19. The number of benzene rings is 4. The van der Waals surface area contributed by atoms with Gasteiger partial charge in [-0.15, -0.1) is 0 Å². The topological polar surface area (TPSA) is 70.8 Å². The van der Waals surface area contributed by atoms with Gasteiger partial charge in [-0.2, -0.15) is 0 Å². The monoisotopic (exact) mass is 564 g/mol. The van der Waals surface area contributed by atoms with E-state index in [0.717, 1.165) is 22.8 Å². The summed E-state index contributed by atoms with van der Waals surface area (Å²) in [5.74, 6) is -1.88. The molecule has 202 valence electrons. The minimum absolute atomic E-state index is 0.0328. The van der Waals surface area contributed by atoms with Gasteiger partial charge in [0.25, 0.3) is 11.8 Å². The summed E-state index contributed by atoms with van der Waals surface area (Å²) in [6.07, 6.45) is 0. The molecule has 6 nitrogen and oxygen atoms in total. The molecule has 1 atom stereocenters. The highest BCUT2D eigenvalue weighted by Gasteiger charge is 2.65. The second kappa shape index (κ2) is 9.14. The molecule has 1 unspecified atom stereocenters. The normalized spacial score (nSPS) is 17.5. The molecule has 2 aliphatic heterocycles. The van der Waals surface area contributed by atoms with E-state index in [2.05, 4.69) is 0 Å². The van der Waals surface area contributed by atoms with Gasteiger partial charge in [-0.05, 0) is 54.4 Å². The average molecular weight is 565 g/mol. The van der Waals surface area contributed by atoms with Gasteiger partial charge in [-0.25, -0.2) is 4.39 Å². The van der Waals surface area contributed by atoms with Crippen molar-refractivity contribution in [1.82, 2.24) is 4.90 Å². The first kappa shape index (κ1) is 25.2. The van der Waals surface area contributed by atoms with Gasteiger partial charge in [0.05, 0.1) is 23.2 Å². The van der Waals surface area contributed by atoms with Gasteiger partial charge >= 0.3 is 0 Å². The quantitative estimate of drug-likeness (QED) is 0.255. The smallest absolute Gasteiger partial charge is 0.291 e. The lowest BCUT2D eigenvalue weighted by molar-refractivity contribution is -0.126. The molecular weight excluding hydrogens is 543 g/mol. The van der Waals surface area contributed by atoms with Crippen LogP contribution in [0.15, 0.2) is 100 Å². The third kappa shape index (κ3) is 3.66. The fraction of sp³-hybridized carbons (Fsp3) is 0.121. The Labute approximate surface area is 239 Å². The molecule has 8 heteroatoms. The maximum atomic E-state index is 14.8. The number of amides is 2. The van der Waals surface area contributed by atoms with Crippen LogP contribution in [-0.2, 0) is 23.4 Å². The van der Waals surface area contributed by atoms with Crippen molar-refractivity contribution >= 4 is 40.1 Å². The molecule has 3 heterocycles. The highest BCUT2D eigenvalue weighted by Crippen LogP contribution is 2.53. The van der Waals surface area contributed by atoms with E-state index in [9.17, 15) is 18.8 Å². The molecule has 2 amide bonds. The lowest BCUT2D eigenvalue weighted by Crippen LogP contribution is -2.52. The Morgan fingerprint density at radius 2 is 1.54 bits per heavy atom. The van der Waals surface area contributed by atoms with Gasteiger partial charge < -0.3 is 14.2 Å². The highest BCUT2D eigenvalue weighted by atomic mass is 35.5. The summed E-state index contributed by atoms with van der Waals surface area (Å²) in [7, 11) is 0.